The van der Waals surface area contributed by atoms with E-state index < -0.39 is 35.6 Å². The lowest BCUT2D eigenvalue weighted by atomic mass is 9.91. The van der Waals surface area contributed by atoms with Gasteiger partial charge >= 0.3 is 18.2 Å². The van der Waals surface area contributed by atoms with Crippen LogP contribution in [0.2, 0.25) is 0 Å². The summed E-state index contributed by atoms with van der Waals surface area (Å²) in [4.78, 5) is 59.4. The largest absolute Gasteiger partial charge is 0.491 e. The molecule has 0 aromatic heterocycles. The third-order valence-electron chi connectivity index (χ3n) is 8.05. The van der Waals surface area contributed by atoms with Crippen molar-refractivity contribution in [3.63, 3.8) is 0 Å². The second-order valence-corrected chi connectivity index (χ2v) is 12.8. The first-order valence-corrected chi connectivity index (χ1v) is 15.7. The van der Waals surface area contributed by atoms with E-state index in [4.69, 9.17) is 14.3 Å². The van der Waals surface area contributed by atoms with Crippen LogP contribution in [0.4, 0.5) is 18.0 Å². The van der Waals surface area contributed by atoms with Crippen molar-refractivity contribution in [3.05, 3.63) is 64.7 Å². The number of carbonyl (C=O) groups excluding carboxylic acids is 4. The number of alkyl carbamates (subject to hydrolysis) is 1. The molecule has 48 heavy (non-hydrogen) atoms. The molecule has 4 amide bonds. The number of imide groups is 1. The highest BCUT2D eigenvalue weighted by Gasteiger charge is 2.40. The van der Waals surface area contributed by atoms with Crippen LogP contribution in [0.5, 0.6) is 5.75 Å². The van der Waals surface area contributed by atoms with Crippen molar-refractivity contribution in [1.29, 1.82) is 0 Å². The molecule has 15 heteroatoms. The van der Waals surface area contributed by atoms with Gasteiger partial charge in [-0.25, -0.2) is 4.79 Å². The zero-order chi connectivity index (χ0) is 34.6. The number of nitrogens with one attached hydrogen (secondary N) is 2. The van der Waals surface area contributed by atoms with E-state index in [1.165, 1.54) is 0 Å². The number of rotatable bonds is 7. The molecule has 0 radical (unpaired) electrons. The second-order valence-electron chi connectivity index (χ2n) is 12.8. The maximum atomic E-state index is 13.2. The molecule has 1 fully saturated rings. The summed E-state index contributed by atoms with van der Waals surface area (Å²) >= 11 is 0. The predicted octanol–water partition coefficient (Wildman–Crippen LogP) is 4.52. The van der Waals surface area contributed by atoms with Crippen molar-refractivity contribution in [2.75, 3.05) is 19.8 Å². The van der Waals surface area contributed by atoms with Crippen LogP contribution in [-0.4, -0.2) is 83.4 Å². The van der Waals surface area contributed by atoms with E-state index in [0.717, 1.165) is 16.2 Å². The smallest absolute Gasteiger partial charge is 0.473 e. The van der Waals surface area contributed by atoms with E-state index in [1.807, 2.05) is 6.07 Å². The maximum absolute atomic E-state index is 13.2. The molecule has 2 aliphatic heterocycles. The van der Waals surface area contributed by atoms with Gasteiger partial charge < -0.3 is 25.0 Å². The molecule has 5 rings (SSSR count). The van der Waals surface area contributed by atoms with Gasteiger partial charge in [0.2, 0.25) is 5.96 Å². The second kappa shape index (κ2) is 14.2. The number of aliphatic imine (C=N–C) groups is 1. The zero-order valence-corrected chi connectivity index (χ0v) is 26.9. The van der Waals surface area contributed by atoms with E-state index in [0.29, 0.717) is 44.4 Å². The minimum absolute atomic E-state index is 0.0497. The van der Waals surface area contributed by atoms with E-state index >= 15 is 0 Å². The Morgan fingerprint density at radius 3 is 2.12 bits per heavy atom. The summed E-state index contributed by atoms with van der Waals surface area (Å²) in [7, 11) is 0. The van der Waals surface area contributed by atoms with Gasteiger partial charge in [0.05, 0.1) is 11.1 Å². The summed E-state index contributed by atoms with van der Waals surface area (Å²) in [6.07, 6.45) is -2.95. The monoisotopic (exact) mass is 673 g/mol. The number of fused-ring (bicyclic) bond motifs is 2. The molecule has 0 atom stereocenters. The predicted molar refractivity (Wildman–Crippen MR) is 166 cm³/mol. The number of benzene rings is 2. The Balaban J connectivity index is 1.15. The number of hydrogen-bond acceptors (Lipinski definition) is 7. The van der Waals surface area contributed by atoms with Crippen LogP contribution in [0.25, 0.3) is 0 Å². The molecule has 0 unspecified atom stereocenters. The molecule has 0 spiro atoms. The van der Waals surface area contributed by atoms with Gasteiger partial charge in [-0.3, -0.25) is 19.2 Å². The van der Waals surface area contributed by atoms with E-state index in [1.54, 1.807) is 62.1 Å². The summed E-state index contributed by atoms with van der Waals surface area (Å²) in [5.74, 6) is -2.89. The summed E-state index contributed by atoms with van der Waals surface area (Å²) in [5.41, 5.74) is 1.66. The standard InChI is InChI=1S/C33H38F3N5O7/c1-32(2,3)48-31(45)38-23-11-9-22(10-12-23)37-30(39-29(44)33(34,35)36)40-15-14-20-18-24(13-8-21(20)19-40)46-16-17-47-41-27(42)25-6-4-5-7-26(25)28(41)43/h4-8,13,18,22-23H,9-12,14-17,19H2,1-3H3,(H,38,45)(H,37,39,44). The average Bonchev–Trinajstić information content (AvgIpc) is 3.26. The molecular formula is C33H38F3N5O7. The van der Waals surface area contributed by atoms with Crippen molar-refractivity contribution < 1.29 is 46.7 Å². The fraction of sp³-hybridized carbons (Fsp3) is 0.485. The molecule has 2 aromatic rings. The van der Waals surface area contributed by atoms with E-state index in [-0.39, 0.29) is 48.9 Å². The lowest BCUT2D eigenvalue weighted by molar-refractivity contribution is -0.169. The maximum Gasteiger partial charge on any atom is 0.473 e. The van der Waals surface area contributed by atoms with Gasteiger partial charge in [-0.15, -0.1) is 5.06 Å². The van der Waals surface area contributed by atoms with Gasteiger partial charge in [-0.05, 0) is 88.3 Å². The summed E-state index contributed by atoms with van der Waals surface area (Å²) in [6.45, 7) is 5.80. The third kappa shape index (κ3) is 8.62. The summed E-state index contributed by atoms with van der Waals surface area (Å²) < 4.78 is 50.8. The first-order chi connectivity index (χ1) is 22.7. The molecular weight excluding hydrogens is 635 g/mol. The lowest BCUT2D eigenvalue weighted by Gasteiger charge is -2.36. The van der Waals surface area contributed by atoms with Crippen molar-refractivity contribution in [2.45, 2.75) is 83.3 Å². The van der Waals surface area contributed by atoms with Crippen molar-refractivity contribution in [3.8, 4) is 5.75 Å². The number of carbonyl (C=O) groups is 4. The highest BCUT2D eigenvalue weighted by molar-refractivity contribution is 6.20. The van der Waals surface area contributed by atoms with E-state index in [9.17, 15) is 32.3 Å². The summed E-state index contributed by atoms with van der Waals surface area (Å²) in [5, 5.41) is 6.63. The third-order valence-corrected chi connectivity index (χ3v) is 8.05. The normalized spacial score (nSPS) is 19.8. The van der Waals surface area contributed by atoms with Gasteiger partial charge in [-0.2, -0.15) is 18.2 Å². The highest BCUT2D eigenvalue weighted by atomic mass is 19.4. The Morgan fingerprint density at radius 1 is 0.896 bits per heavy atom. The van der Waals surface area contributed by atoms with Crippen molar-refractivity contribution >= 4 is 29.8 Å². The van der Waals surface area contributed by atoms with Gasteiger partial charge in [0.1, 0.15) is 24.6 Å². The Kier molecular flexibility index (Phi) is 10.3. The number of amides is 4. The minimum atomic E-state index is -5.12. The fourth-order valence-corrected chi connectivity index (χ4v) is 5.77. The number of ether oxygens (including phenoxy) is 2. The first-order valence-electron chi connectivity index (χ1n) is 15.7. The molecule has 12 nitrogen and oxygen atoms in total. The van der Waals surface area contributed by atoms with Gasteiger partial charge in [0.25, 0.3) is 11.8 Å². The average molecular weight is 674 g/mol. The number of hydroxylamine groups is 2. The number of halogens is 3. The zero-order valence-electron chi connectivity index (χ0n) is 26.9. The van der Waals surface area contributed by atoms with Crippen LogP contribution >= 0.6 is 0 Å². The Morgan fingerprint density at radius 2 is 1.52 bits per heavy atom. The van der Waals surface area contributed by atoms with Gasteiger partial charge in [0, 0.05) is 25.2 Å². The number of alkyl halides is 3. The Hall–Kier alpha value is -4.66. The van der Waals surface area contributed by atoms with Crippen LogP contribution in [0.3, 0.4) is 0 Å². The van der Waals surface area contributed by atoms with Gasteiger partial charge in [0.15, 0.2) is 0 Å². The first kappa shape index (κ1) is 34.7. The van der Waals surface area contributed by atoms with Crippen molar-refractivity contribution in [2.24, 2.45) is 4.99 Å². The molecule has 0 bridgehead atoms. The van der Waals surface area contributed by atoms with Crippen LogP contribution in [0.15, 0.2) is 47.5 Å². The molecule has 1 saturated carbocycles. The number of guanidine groups is 1. The fourth-order valence-electron chi connectivity index (χ4n) is 5.77. The summed E-state index contributed by atoms with van der Waals surface area (Å²) in [6, 6.07) is 11.4. The number of hydrogen-bond donors (Lipinski definition) is 2. The van der Waals surface area contributed by atoms with Crippen LogP contribution in [0, 0.1) is 0 Å². The SMILES string of the molecule is CC(C)(C)OC(=O)NC1CCC(N/C(=N/C(=O)C(F)(F)F)N2CCc3cc(OCCON4C(=O)c5ccccc5C4=O)ccc3C2)CC1. The molecule has 2 heterocycles. The van der Waals surface area contributed by atoms with Gasteiger partial charge in [-0.1, -0.05) is 18.2 Å². The van der Waals surface area contributed by atoms with Crippen LogP contribution in [-0.2, 0) is 27.3 Å². The Bertz CT molecular complexity index is 1550. The highest BCUT2D eigenvalue weighted by Crippen LogP contribution is 2.27. The molecule has 258 valence electrons. The van der Waals surface area contributed by atoms with Crippen molar-refractivity contribution in [1.82, 2.24) is 20.6 Å². The van der Waals surface area contributed by atoms with E-state index in [2.05, 4.69) is 15.6 Å². The molecule has 3 aliphatic rings. The topological polar surface area (TPSA) is 139 Å². The van der Waals surface area contributed by atoms with Crippen LogP contribution < -0.4 is 15.4 Å². The van der Waals surface area contributed by atoms with Crippen LogP contribution in [0.1, 0.15) is 78.3 Å². The quantitative estimate of drug-likeness (QED) is 0.188. The lowest BCUT2D eigenvalue weighted by Crippen LogP contribution is -2.51. The molecule has 2 aromatic carbocycles. The molecule has 0 saturated heterocycles. The molecule has 1 aliphatic carbocycles. The minimum Gasteiger partial charge on any atom is -0.491 e. The molecule has 2 N–H and O–H groups in total. The number of nitrogens with zero attached hydrogens (tertiary/aromatic N) is 3. The Labute approximate surface area is 275 Å².